The fourth-order valence-corrected chi connectivity index (χ4v) is 2.33. The Labute approximate surface area is 72.2 Å². The van der Waals surface area contributed by atoms with E-state index in [9.17, 15) is 9.90 Å². The summed E-state index contributed by atoms with van der Waals surface area (Å²) in [7, 11) is 0. The van der Waals surface area contributed by atoms with Gasteiger partial charge in [-0.05, 0) is 19.4 Å². The van der Waals surface area contributed by atoms with Crippen molar-refractivity contribution in [3.8, 4) is 0 Å². The van der Waals surface area contributed by atoms with Crippen LogP contribution >= 0.6 is 0 Å². The van der Waals surface area contributed by atoms with E-state index in [-0.39, 0.29) is 12.0 Å². The molecular formula is C9H15NO2. The van der Waals surface area contributed by atoms with Crippen molar-refractivity contribution in [2.45, 2.75) is 37.8 Å². The van der Waals surface area contributed by atoms with E-state index in [1.807, 2.05) is 0 Å². The van der Waals surface area contributed by atoms with Gasteiger partial charge in [0.15, 0.2) is 0 Å². The maximum atomic E-state index is 11.1. The number of hydrogen-bond donors (Lipinski definition) is 2. The van der Waals surface area contributed by atoms with Crippen molar-refractivity contribution in [2.24, 2.45) is 5.92 Å². The van der Waals surface area contributed by atoms with Crippen LogP contribution in [0.4, 0.5) is 0 Å². The van der Waals surface area contributed by atoms with Crippen LogP contribution in [0.3, 0.4) is 0 Å². The predicted molar refractivity (Wildman–Crippen MR) is 44.8 cm³/mol. The summed E-state index contributed by atoms with van der Waals surface area (Å²) in [4.78, 5) is 11.1. The number of carbonyl (C=O) groups excluding carboxylic acids is 1. The van der Waals surface area contributed by atoms with Gasteiger partial charge in [0.1, 0.15) is 5.78 Å². The molecule has 1 aliphatic carbocycles. The quantitative estimate of drug-likeness (QED) is 0.540. The Hall–Kier alpha value is -0.410. The molecule has 3 nitrogen and oxygen atoms in total. The molecule has 0 aromatic heterocycles. The molecule has 0 aromatic carbocycles. The first-order chi connectivity index (χ1) is 5.77. The molecule has 1 saturated heterocycles. The fourth-order valence-electron chi connectivity index (χ4n) is 2.33. The van der Waals surface area contributed by atoms with Crippen molar-refractivity contribution in [3.05, 3.63) is 0 Å². The molecule has 0 spiro atoms. The average molecular weight is 169 g/mol. The molecule has 12 heavy (non-hydrogen) atoms. The number of aliphatic hydroxyl groups is 1. The summed E-state index contributed by atoms with van der Waals surface area (Å²) in [5, 5.41) is 13.0. The molecule has 68 valence electrons. The van der Waals surface area contributed by atoms with E-state index in [2.05, 4.69) is 5.32 Å². The van der Waals surface area contributed by atoms with Crippen molar-refractivity contribution in [1.82, 2.24) is 5.32 Å². The topological polar surface area (TPSA) is 49.3 Å². The average Bonchev–Trinajstić information content (AvgIpc) is 2.07. The van der Waals surface area contributed by atoms with Crippen LogP contribution in [0.5, 0.6) is 0 Å². The number of ketones is 1. The second-order valence-electron chi connectivity index (χ2n) is 3.86. The van der Waals surface area contributed by atoms with Crippen molar-refractivity contribution in [1.29, 1.82) is 0 Å². The Kier molecular flexibility index (Phi) is 2.15. The number of aliphatic hydroxyl groups excluding tert-OH is 1. The van der Waals surface area contributed by atoms with E-state index in [0.29, 0.717) is 24.7 Å². The van der Waals surface area contributed by atoms with Crippen molar-refractivity contribution >= 4 is 5.78 Å². The highest BCUT2D eigenvalue weighted by Crippen LogP contribution is 2.28. The molecule has 1 saturated carbocycles. The molecular weight excluding hydrogens is 154 g/mol. The first-order valence-corrected chi connectivity index (χ1v) is 4.70. The van der Waals surface area contributed by atoms with Gasteiger partial charge in [0.05, 0.1) is 6.10 Å². The maximum absolute atomic E-state index is 11.1. The third-order valence-corrected chi connectivity index (χ3v) is 3.06. The minimum absolute atomic E-state index is 0.194. The molecule has 3 atom stereocenters. The highest BCUT2D eigenvalue weighted by Gasteiger charge is 2.36. The second kappa shape index (κ2) is 3.15. The summed E-state index contributed by atoms with van der Waals surface area (Å²) >= 11 is 0. The van der Waals surface area contributed by atoms with Gasteiger partial charge in [0.2, 0.25) is 0 Å². The summed E-state index contributed by atoms with van der Waals surface area (Å²) in [5.74, 6) is 0.513. The van der Waals surface area contributed by atoms with Crippen LogP contribution in [0.25, 0.3) is 0 Å². The minimum atomic E-state index is -0.250. The van der Waals surface area contributed by atoms with E-state index >= 15 is 0 Å². The fraction of sp³-hybridized carbons (Fsp3) is 0.889. The lowest BCUT2D eigenvalue weighted by Crippen LogP contribution is -2.51. The van der Waals surface area contributed by atoms with Crippen molar-refractivity contribution in [3.63, 3.8) is 0 Å². The summed E-state index contributed by atoms with van der Waals surface area (Å²) in [5.41, 5.74) is 0. The van der Waals surface area contributed by atoms with Crippen LogP contribution in [0, 0.1) is 5.92 Å². The minimum Gasteiger partial charge on any atom is -0.393 e. The van der Waals surface area contributed by atoms with E-state index in [1.165, 1.54) is 0 Å². The summed E-state index contributed by atoms with van der Waals surface area (Å²) in [6.45, 7) is 0.899. The first kappa shape index (κ1) is 8.20. The molecule has 2 rings (SSSR count). The Balaban J connectivity index is 2.05. The Morgan fingerprint density at radius 3 is 3.08 bits per heavy atom. The van der Waals surface area contributed by atoms with Gasteiger partial charge in [-0.2, -0.15) is 0 Å². The van der Waals surface area contributed by atoms with Gasteiger partial charge in [-0.1, -0.05) is 0 Å². The van der Waals surface area contributed by atoms with Crippen LogP contribution < -0.4 is 5.32 Å². The molecule has 0 amide bonds. The van der Waals surface area contributed by atoms with Gasteiger partial charge >= 0.3 is 0 Å². The standard InChI is InChI=1S/C9H15NO2/c11-6-1-2-8-7(5-6)9(12)3-4-10-8/h7-10,12H,1-5H2/t7-,8-,9-/m0/s1. The number of rotatable bonds is 0. The van der Waals surface area contributed by atoms with Gasteiger partial charge in [-0.25, -0.2) is 0 Å². The van der Waals surface area contributed by atoms with Crippen LogP contribution in [-0.2, 0) is 4.79 Å². The zero-order valence-electron chi connectivity index (χ0n) is 7.12. The highest BCUT2D eigenvalue weighted by atomic mass is 16.3. The summed E-state index contributed by atoms with van der Waals surface area (Å²) in [6.07, 6.45) is 2.75. The highest BCUT2D eigenvalue weighted by molar-refractivity contribution is 5.79. The Morgan fingerprint density at radius 1 is 1.42 bits per heavy atom. The van der Waals surface area contributed by atoms with Gasteiger partial charge in [0.25, 0.3) is 0 Å². The normalized spacial score (nSPS) is 42.4. The van der Waals surface area contributed by atoms with Crippen LogP contribution in [0.1, 0.15) is 25.7 Å². The maximum Gasteiger partial charge on any atom is 0.133 e. The number of hydrogen-bond acceptors (Lipinski definition) is 3. The SMILES string of the molecule is O=C1CC[C@@H]2NCC[C@H](O)[C@H]2C1. The third-order valence-electron chi connectivity index (χ3n) is 3.06. The molecule has 1 heterocycles. The van der Waals surface area contributed by atoms with E-state index in [0.717, 1.165) is 19.4 Å². The van der Waals surface area contributed by atoms with Gasteiger partial charge in [-0.15, -0.1) is 0 Å². The number of fused-ring (bicyclic) bond motifs is 1. The molecule has 2 N–H and O–H groups in total. The second-order valence-corrected chi connectivity index (χ2v) is 3.86. The molecule has 0 aromatic rings. The molecule has 3 heteroatoms. The lowest BCUT2D eigenvalue weighted by Gasteiger charge is -2.38. The smallest absolute Gasteiger partial charge is 0.133 e. The van der Waals surface area contributed by atoms with Gasteiger partial charge in [-0.3, -0.25) is 4.79 Å². The van der Waals surface area contributed by atoms with Gasteiger partial charge < -0.3 is 10.4 Å². The monoisotopic (exact) mass is 169 g/mol. The molecule has 1 aliphatic heterocycles. The number of Topliss-reactive ketones (excluding diaryl/α,β-unsaturated/α-hetero) is 1. The lowest BCUT2D eigenvalue weighted by atomic mass is 9.77. The van der Waals surface area contributed by atoms with E-state index in [1.54, 1.807) is 0 Å². The molecule has 2 fully saturated rings. The van der Waals surface area contributed by atoms with Crippen molar-refractivity contribution in [2.75, 3.05) is 6.54 Å². The largest absolute Gasteiger partial charge is 0.393 e. The van der Waals surface area contributed by atoms with E-state index in [4.69, 9.17) is 0 Å². The van der Waals surface area contributed by atoms with E-state index < -0.39 is 0 Å². The number of piperidine rings is 1. The third kappa shape index (κ3) is 1.39. The van der Waals surface area contributed by atoms with Crippen molar-refractivity contribution < 1.29 is 9.90 Å². The Bertz CT molecular complexity index is 193. The molecule has 0 radical (unpaired) electrons. The van der Waals surface area contributed by atoms with Crippen LogP contribution in [0.15, 0.2) is 0 Å². The number of carbonyl (C=O) groups is 1. The lowest BCUT2D eigenvalue weighted by molar-refractivity contribution is -0.124. The zero-order valence-corrected chi connectivity index (χ0v) is 7.12. The Morgan fingerprint density at radius 2 is 2.25 bits per heavy atom. The first-order valence-electron chi connectivity index (χ1n) is 4.70. The van der Waals surface area contributed by atoms with Crippen LogP contribution in [-0.4, -0.2) is 29.6 Å². The zero-order chi connectivity index (χ0) is 8.55. The predicted octanol–water partition coefficient (Wildman–Crippen LogP) is 0.0784. The summed E-state index contributed by atoms with van der Waals surface area (Å²) < 4.78 is 0. The summed E-state index contributed by atoms with van der Waals surface area (Å²) in [6, 6.07) is 0.395. The van der Waals surface area contributed by atoms with Crippen LogP contribution in [0.2, 0.25) is 0 Å². The van der Waals surface area contributed by atoms with Gasteiger partial charge in [0, 0.05) is 24.8 Å². The molecule has 2 aliphatic rings. The molecule has 0 unspecified atom stereocenters. The molecule has 0 bridgehead atoms. The number of nitrogens with one attached hydrogen (secondary N) is 1.